The van der Waals surface area contributed by atoms with Crippen molar-refractivity contribution in [2.45, 2.75) is 9.79 Å². The van der Waals surface area contributed by atoms with Gasteiger partial charge in [-0.2, -0.15) is 0 Å². The third-order valence-corrected chi connectivity index (χ3v) is 3.98. The van der Waals surface area contributed by atoms with Crippen LogP contribution >= 0.6 is 27.7 Å². The van der Waals surface area contributed by atoms with Crippen LogP contribution in [-0.4, -0.2) is 5.84 Å². The number of hydrogen-bond donors (Lipinski definition) is 2. The Bertz CT molecular complexity index is 601. The minimum absolute atomic E-state index is 0.0126. The molecule has 3 N–H and O–H groups in total. The van der Waals surface area contributed by atoms with Crippen LogP contribution in [0.15, 0.2) is 56.7 Å². The summed E-state index contributed by atoms with van der Waals surface area (Å²) >= 11 is 4.75. The zero-order valence-corrected chi connectivity index (χ0v) is 11.7. The molecule has 0 spiro atoms. The van der Waals surface area contributed by atoms with Crippen LogP contribution in [-0.2, 0) is 0 Å². The number of benzene rings is 2. The highest BCUT2D eigenvalue weighted by atomic mass is 79.9. The summed E-state index contributed by atoms with van der Waals surface area (Å²) in [6.07, 6.45) is 0. The average Bonchev–Trinajstić information content (AvgIpc) is 2.28. The summed E-state index contributed by atoms with van der Waals surface area (Å²) in [5.41, 5.74) is 6.20. The molecule has 0 saturated carbocycles. The highest BCUT2D eigenvalue weighted by molar-refractivity contribution is 9.10. The van der Waals surface area contributed by atoms with E-state index in [0.717, 1.165) is 14.3 Å². The Kier molecular flexibility index (Phi) is 4.04. The number of nitrogens with one attached hydrogen (secondary N) is 1. The largest absolute Gasteiger partial charge is 0.384 e. The first-order valence-corrected chi connectivity index (χ1v) is 6.75. The third kappa shape index (κ3) is 2.91. The highest BCUT2D eigenvalue weighted by Crippen LogP contribution is 2.33. The normalized spacial score (nSPS) is 10.3. The van der Waals surface area contributed by atoms with Crippen molar-refractivity contribution in [1.82, 2.24) is 0 Å². The molecule has 2 aromatic rings. The summed E-state index contributed by atoms with van der Waals surface area (Å²) in [5.74, 6) is -0.291. The maximum atomic E-state index is 13.1. The number of rotatable bonds is 3. The van der Waals surface area contributed by atoms with Gasteiger partial charge in [-0.3, -0.25) is 5.41 Å². The fraction of sp³-hybridized carbons (Fsp3) is 0. The van der Waals surface area contributed by atoms with Gasteiger partial charge in [0.1, 0.15) is 11.7 Å². The van der Waals surface area contributed by atoms with E-state index in [4.69, 9.17) is 11.1 Å². The molecule has 92 valence electrons. The van der Waals surface area contributed by atoms with Crippen molar-refractivity contribution in [3.05, 3.63) is 58.3 Å². The van der Waals surface area contributed by atoms with Crippen molar-refractivity contribution in [2.75, 3.05) is 0 Å². The van der Waals surface area contributed by atoms with E-state index in [9.17, 15) is 4.39 Å². The van der Waals surface area contributed by atoms with Gasteiger partial charge in [0.15, 0.2) is 0 Å². The Hall–Kier alpha value is -1.33. The van der Waals surface area contributed by atoms with Crippen LogP contribution in [0.5, 0.6) is 0 Å². The van der Waals surface area contributed by atoms with Crippen molar-refractivity contribution in [3.63, 3.8) is 0 Å². The van der Waals surface area contributed by atoms with E-state index in [1.165, 1.54) is 23.9 Å². The van der Waals surface area contributed by atoms with Gasteiger partial charge >= 0.3 is 0 Å². The molecule has 5 heteroatoms. The lowest BCUT2D eigenvalue weighted by atomic mass is 10.2. The van der Waals surface area contributed by atoms with E-state index in [2.05, 4.69) is 15.9 Å². The maximum Gasteiger partial charge on any atom is 0.125 e. The topological polar surface area (TPSA) is 49.9 Å². The molecule has 0 aliphatic carbocycles. The molecule has 0 aliphatic heterocycles. The zero-order valence-electron chi connectivity index (χ0n) is 9.28. The van der Waals surface area contributed by atoms with Crippen molar-refractivity contribution in [2.24, 2.45) is 5.73 Å². The number of amidine groups is 1. The molecule has 2 nitrogen and oxygen atoms in total. The van der Waals surface area contributed by atoms with Crippen LogP contribution < -0.4 is 5.73 Å². The Balaban J connectivity index is 2.40. The molecule has 0 unspecified atom stereocenters. The summed E-state index contributed by atoms with van der Waals surface area (Å²) in [6.45, 7) is 0. The summed E-state index contributed by atoms with van der Waals surface area (Å²) in [5, 5.41) is 7.59. The van der Waals surface area contributed by atoms with Gasteiger partial charge in [-0.15, -0.1) is 0 Å². The monoisotopic (exact) mass is 324 g/mol. The second-order valence-electron chi connectivity index (χ2n) is 3.59. The minimum atomic E-state index is -0.278. The molecule has 0 heterocycles. The summed E-state index contributed by atoms with van der Waals surface area (Å²) in [6, 6.07) is 11.9. The Morgan fingerprint density at radius 3 is 2.61 bits per heavy atom. The van der Waals surface area contributed by atoms with Crippen molar-refractivity contribution in [1.29, 1.82) is 5.41 Å². The number of hydrogen-bond acceptors (Lipinski definition) is 2. The molecule has 0 fully saturated rings. The van der Waals surface area contributed by atoms with Crippen LogP contribution in [0.25, 0.3) is 0 Å². The molecule has 0 atom stereocenters. The van der Waals surface area contributed by atoms with Crippen LogP contribution in [0.2, 0.25) is 0 Å². The fourth-order valence-corrected chi connectivity index (χ4v) is 3.26. The quantitative estimate of drug-likeness (QED) is 0.661. The predicted octanol–water partition coefficient (Wildman–Crippen LogP) is 4.02. The Morgan fingerprint density at radius 1 is 1.22 bits per heavy atom. The minimum Gasteiger partial charge on any atom is -0.384 e. The van der Waals surface area contributed by atoms with Crippen LogP contribution in [0.4, 0.5) is 4.39 Å². The van der Waals surface area contributed by atoms with Gasteiger partial charge in [-0.1, -0.05) is 23.9 Å². The van der Waals surface area contributed by atoms with E-state index in [0.29, 0.717) is 5.56 Å². The van der Waals surface area contributed by atoms with Gasteiger partial charge in [0, 0.05) is 19.8 Å². The number of nitrogens with two attached hydrogens (primary N) is 1. The standard InChI is InChI=1S/C13H10BrFN2S/c14-10-5-2-6-11(12(10)13(16)17)18-9-4-1-3-8(15)7-9/h1-7H,(H3,16,17). The van der Waals surface area contributed by atoms with E-state index >= 15 is 0 Å². The predicted molar refractivity (Wildman–Crippen MR) is 75.7 cm³/mol. The number of halogens is 2. The maximum absolute atomic E-state index is 13.1. The Morgan fingerprint density at radius 2 is 1.94 bits per heavy atom. The molecule has 0 aromatic heterocycles. The average molecular weight is 325 g/mol. The van der Waals surface area contributed by atoms with E-state index in [1.807, 2.05) is 24.3 Å². The van der Waals surface area contributed by atoms with E-state index < -0.39 is 0 Å². The smallest absolute Gasteiger partial charge is 0.125 e. The second-order valence-corrected chi connectivity index (χ2v) is 5.56. The van der Waals surface area contributed by atoms with Gasteiger partial charge in [0.05, 0.1) is 0 Å². The van der Waals surface area contributed by atoms with Crippen LogP contribution in [0.3, 0.4) is 0 Å². The molecule has 0 radical (unpaired) electrons. The van der Waals surface area contributed by atoms with Crippen LogP contribution in [0, 0.1) is 11.2 Å². The lowest BCUT2D eigenvalue weighted by Gasteiger charge is -2.09. The van der Waals surface area contributed by atoms with Crippen molar-refractivity contribution in [3.8, 4) is 0 Å². The third-order valence-electron chi connectivity index (χ3n) is 2.27. The van der Waals surface area contributed by atoms with E-state index in [1.54, 1.807) is 6.07 Å². The number of nitrogen functional groups attached to an aromatic ring is 1. The summed E-state index contributed by atoms with van der Waals surface area (Å²) in [7, 11) is 0. The van der Waals surface area contributed by atoms with Crippen molar-refractivity contribution >= 4 is 33.5 Å². The first-order valence-electron chi connectivity index (χ1n) is 5.14. The molecule has 0 amide bonds. The van der Waals surface area contributed by atoms with Gasteiger partial charge in [0.2, 0.25) is 0 Å². The molecule has 2 aromatic carbocycles. The first-order chi connectivity index (χ1) is 8.58. The molecule has 0 bridgehead atoms. The SMILES string of the molecule is N=C(N)c1c(Br)cccc1Sc1cccc(F)c1. The van der Waals surface area contributed by atoms with E-state index in [-0.39, 0.29) is 11.7 Å². The fourth-order valence-electron chi connectivity index (χ4n) is 1.51. The Labute approximate surface area is 117 Å². The van der Waals surface area contributed by atoms with Gasteiger partial charge in [0.25, 0.3) is 0 Å². The highest BCUT2D eigenvalue weighted by Gasteiger charge is 2.10. The van der Waals surface area contributed by atoms with Gasteiger partial charge in [-0.05, 0) is 46.3 Å². The molecule has 0 saturated heterocycles. The summed E-state index contributed by atoms with van der Waals surface area (Å²) in [4.78, 5) is 1.60. The lowest BCUT2D eigenvalue weighted by Crippen LogP contribution is -2.13. The zero-order chi connectivity index (χ0) is 13.1. The molecule has 0 aliphatic rings. The second kappa shape index (κ2) is 5.54. The molecular formula is C13H10BrFN2S. The molecule has 2 rings (SSSR count). The van der Waals surface area contributed by atoms with Crippen molar-refractivity contribution < 1.29 is 4.39 Å². The molecular weight excluding hydrogens is 315 g/mol. The lowest BCUT2D eigenvalue weighted by molar-refractivity contribution is 0.624. The molecule has 18 heavy (non-hydrogen) atoms. The van der Waals surface area contributed by atoms with Gasteiger partial charge < -0.3 is 5.73 Å². The van der Waals surface area contributed by atoms with Crippen LogP contribution in [0.1, 0.15) is 5.56 Å². The summed E-state index contributed by atoms with van der Waals surface area (Å²) < 4.78 is 13.9. The van der Waals surface area contributed by atoms with Gasteiger partial charge in [-0.25, -0.2) is 4.39 Å². The first kappa shape index (κ1) is 13.1.